The highest BCUT2D eigenvalue weighted by Crippen LogP contribution is 2.48. The molecule has 0 spiro atoms. The van der Waals surface area contributed by atoms with Crippen molar-refractivity contribution in [1.29, 1.82) is 0 Å². The second kappa shape index (κ2) is 6.72. The molecule has 3 aromatic rings. The zero-order valence-corrected chi connectivity index (χ0v) is 16.9. The van der Waals surface area contributed by atoms with Crippen molar-refractivity contribution in [2.75, 3.05) is 7.11 Å². The molecule has 1 heterocycles. The van der Waals surface area contributed by atoms with E-state index in [1.165, 1.54) is 10.4 Å². The largest absolute Gasteiger partial charge is 0.496 e. The number of hydrogen-bond acceptors (Lipinski definition) is 4. The normalized spacial score (nSPS) is 12.5. The maximum atomic E-state index is 6.18. The number of aromatic nitrogens is 1. The second-order valence-electron chi connectivity index (χ2n) is 5.44. The molecule has 0 N–H and O–H groups in total. The van der Waals surface area contributed by atoms with Crippen molar-refractivity contribution >= 4 is 61.8 Å². The van der Waals surface area contributed by atoms with Gasteiger partial charge >= 0.3 is 0 Å². The van der Waals surface area contributed by atoms with Gasteiger partial charge in [0, 0.05) is 33.1 Å². The number of ether oxygens (including phenoxy) is 1. The first-order valence-electron chi connectivity index (χ1n) is 7.42. The van der Waals surface area contributed by atoms with Gasteiger partial charge in [-0.25, -0.2) is 9.98 Å². The van der Waals surface area contributed by atoms with E-state index in [4.69, 9.17) is 27.9 Å². The van der Waals surface area contributed by atoms with Gasteiger partial charge in [-0.1, -0.05) is 56.5 Å². The van der Waals surface area contributed by atoms with Crippen LogP contribution in [0.25, 0.3) is 11.3 Å². The van der Waals surface area contributed by atoms with Crippen LogP contribution in [0.5, 0.6) is 5.75 Å². The van der Waals surface area contributed by atoms with Crippen LogP contribution in [0, 0.1) is 0 Å². The van der Waals surface area contributed by atoms with Crippen LogP contribution in [0.4, 0.5) is 5.13 Å². The average Bonchev–Trinajstić information content (AvgIpc) is 3.13. The van der Waals surface area contributed by atoms with Gasteiger partial charge in [-0.15, -0.1) is 0 Å². The number of thiazole rings is 1. The Balaban J connectivity index is 1.73. The van der Waals surface area contributed by atoms with Gasteiger partial charge in [-0.2, -0.15) is 0 Å². The lowest BCUT2D eigenvalue weighted by molar-refractivity contribution is 0.416. The Morgan fingerprint density at radius 3 is 2.72 bits per heavy atom. The smallest absolute Gasteiger partial charge is 0.209 e. The minimum atomic E-state index is 0.566. The van der Waals surface area contributed by atoms with E-state index in [9.17, 15) is 0 Å². The van der Waals surface area contributed by atoms with Gasteiger partial charge in [0.05, 0.1) is 22.8 Å². The molecule has 126 valence electrons. The summed E-state index contributed by atoms with van der Waals surface area (Å²) in [5, 5.41) is 1.81. The predicted octanol–water partition coefficient (Wildman–Crippen LogP) is 6.54. The van der Waals surface area contributed by atoms with Gasteiger partial charge in [0.25, 0.3) is 0 Å². The molecule has 1 aromatic heterocycles. The number of halogens is 3. The van der Waals surface area contributed by atoms with Gasteiger partial charge < -0.3 is 4.74 Å². The summed E-state index contributed by atoms with van der Waals surface area (Å²) in [4.78, 5) is 10.3. The van der Waals surface area contributed by atoms with Crippen LogP contribution in [-0.2, 0) is 6.42 Å². The van der Waals surface area contributed by atoms with Gasteiger partial charge in [-0.3, -0.25) is 0 Å². The van der Waals surface area contributed by atoms with Crippen LogP contribution in [-0.4, -0.2) is 18.3 Å². The van der Waals surface area contributed by atoms with E-state index < -0.39 is 0 Å². The summed E-state index contributed by atoms with van der Waals surface area (Å²) >= 11 is 17.5. The third kappa shape index (κ3) is 2.99. The number of hydrogen-bond donors (Lipinski definition) is 0. The summed E-state index contributed by atoms with van der Waals surface area (Å²) in [6.07, 6.45) is 2.49. The van der Waals surface area contributed by atoms with Gasteiger partial charge in [-0.05, 0) is 29.8 Å². The van der Waals surface area contributed by atoms with Crippen LogP contribution in [0.1, 0.15) is 16.0 Å². The quantitative estimate of drug-likeness (QED) is 0.330. The maximum Gasteiger partial charge on any atom is 0.209 e. The maximum absolute atomic E-state index is 6.18. The van der Waals surface area contributed by atoms with Crippen molar-refractivity contribution in [2.45, 2.75) is 6.42 Å². The molecule has 1 aliphatic rings. The first-order valence-corrected chi connectivity index (χ1v) is 9.78. The first-order chi connectivity index (χ1) is 12.1. The molecule has 7 heteroatoms. The molecular weight excluding hydrogens is 443 g/mol. The molecule has 0 fully saturated rings. The van der Waals surface area contributed by atoms with E-state index in [1.54, 1.807) is 42.9 Å². The Labute approximate surface area is 167 Å². The van der Waals surface area contributed by atoms with Crippen molar-refractivity contribution < 1.29 is 4.74 Å². The number of rotatable bonds is 3. The SMILES string of the molecule is COc1ccc(Br)c2c1-c1nc(N=Cc3c(Cl)cccc3Cl)sc1C2. The fourth-order valence-corrected chi connectivity index (χ4v) is 4.72. The van der Waals surface area contributed by atoms with Crippen molar-refractivity contribution in [1.82, 2.24) is 4.98 Å². The number of methoxy groups -OCH3 is 1. The summed E-state index contributed by atoms with van der Waals surface area (Å²) in [6.45, 7) is 0. The van der Waals surface area contributed by atoms with E-state index in [0.717, 1.165) is 27.9 Å². The number of fused-ring (bicyclic) bond motifs is 3. The molecule has 0 bridgehead atoms. The fourth-order valence-electron chi connectivity index (χ4n) is 2.83. The van der Waals surface area contributed by atoms with Crippen molar-refractivity contribution in [3.8, 4) is 17.0 Å². The Hall–Kier alpha value is -1.40. The standard InChI is InChI=1S/C18H11BrCl2N2OS/c1-24-14-6-5-11(19)9-7-15-17(16(9)14)23-18(25-15)22-8-10-12(20)3-2-4-13(10)21/h2-6,8H,7H2,1H3. The number of benzene rings is 2. The Morgan fingerprint density at radius 1 is 1.24 bits per heavy atom. The summed E-state index contributed by atoms with van der Waals surface area (Å²) in [5.74, 6) is 0.826. The van der Waals surface area contributed by atoms with E-state index >= 15 is 0 Å². The highest BCUT2D eigenvalue weighted by molar-refractivity contribution is 9.10. The van der Waals surface area contributed by atoms with Gasteiger partial charge in [0.15, 0.2) is 0 Å². The lowest BCUT2D eigenvalue weighted by Gasteiger charge is -2.08. The molecule has 0 atom stereocenters. The molecule has 2 aromatic carbocycles. The van der Waals surface area contributed by atoms with Crippen molar-refractivity contribution in [3.05, 3.63) is 60.9 Å². The summed E-state index contributed by atoms with van der Waals surface area (Å²) < 4.78 is 6.58. The molecule has 0 saturated heterocycles. The van der Waals surface area contributed by atoms with Crippen LogP contribution >= 0.6 is 50.5 Å². The summed E-state index contributed by atoms with van der Waals surface area (Å²) in [6, 6.07) is 9.34. The molecule has 1 aliphatic carbocycles. The van der Waals surface area contributed by atoms with E-state index in [2.05, 4.69) is 25.9 Å². The molecule has 0 unspecified atom stereocenters. The Kier molecular flexibility index (Phi) is 4.58. The van der Waals surface area contributed by atoms with Gasteiger partial charge in [0.2, 0.25) is 5.13 Å². The molecule has 3 nitrogen and oxygen atoms in total. The highest BCUT2D eigenvalue weighted by atomic mass is 79.9. The molecule has 25 heavy (non-hydrogen) atoms. The van der Waals surface area contributed by atoms with Gasteiger partial charge in [0.1, 0.15) is 5.75 Å². The second-order valence-corrected chi connectivity index (χ2v) is 8.17. The lowest BCUT2D eigenvalue weighted by Crippen LogP contribution is -1.90. The highest BCUT2D eigenvalue weighted by Gasteiger charge is 2.28. The Bertz CT molecular complexity index is 996. The molecule has 0 amide bonds. The van der Waals surface area contributed by atoms with E-state index in [1.807, 2.05) is 12.1 Å². The summed E-state index contributed by atoms with van der Waals surface area (Å²) in [7, 11) is 1.67. The van der Waals surface area contributed by atoms with Crippen LogP contribution in [0.15, 0.2) is 39.8 Å². The third-order valence-corrected chi connectivity index (χ3v) is 6.37. The minimum Gasteiger partial charge on any atom is -0.496 e. The van der Waals surface area contributed by atoms with Crippen LogP contribution in [0.3, 0.4) is 0 Å². The monoisotopic (exact) mass is 452 g/mol. The molecular formula is C18H11BrCl2N2OS. The fraction of sp³-hybridized carbons (Fsp3) is 0.111. The average molecular weight is 454 g/mol. The van der Waals surface area contributed by atoms with Crippen molar-refractivity contribution in [3.63, 3.8) is 0 Å². The summed E-state index contributed by atoms with van der Waals surface area (Å²) in [5.41, 5.74) is 3.88. The predicted molar refractivity (Wildman–Crippen MR) is 108 cm³/mol. The first kappa shape index (κ1) is 17.0. The van der Waals surface area contributed by atoms with Crippen molar-refractivity contribution in [2.24, 2.45) is 4.99 Å². The zero-order valence-electron chi connectivity index (χ0n) is 13.0. The van der Waals surface area contributed by atoms with E-state index in [-0.39, 0.29) is 0 Å². The Morgan fingerprint density at radius 2 is 2.00 bits per heavy atom. The van der Waals surface area contributed by atoms with Crippen LogP contribution in [0.2, 0.25) is 10.0 Å². The lowest BCUT2D eigenvalue weighted by atomic mass is 10.1. The number of nitrogens with zero attached hydrogens (tertiary/aromatic N) is 2. The minimum absolute atomic E-state index is 0.566. The van der Waals surface area contributed by atoms with E-state index in [0.29, 0.717) is 20.7 Å². The molecule has 4 rings (SSSR count). The zero-order chi connectivity index (χ0) is 17.6. The third-order valence-electron chi connectivity index (χ3n) is 4.00. The molecule has 0 aliphatic heterocycles. The number of aliphatic imine (C=N–C) groups is 1. The molecule has 0 radical (unpaired) electrons. The molecule has 0 saturated carbocycles. The van der Waals surface area contributed by atoms with Crippen LogP contribution < -0.4 is 4.74 Å². The topological polar surface area (TPSA) is 34.5 Å².